The molecule has 0 saturated heterocycles. The van der Waals surface area contributed by atoms with Crippen molar-refractivity contribution in [1.29, 1.82) is 0 Å². The number of hydrogen-bond acceptors (Lipinski definition) is 2. The second kappa shape index (κ2) is 12.3. The molecule has 1 atom stereocenters. The maximum absolute atomic E-state index is 10.2. The van der Waals surface area contributed by atoms with E-state index in [1.165, 1.54) is 0 Å². The third kappa shape index (κ3) is 8.20. The number of nitrogens with zero attached hydrogens (tertiary/aromatic N) is 1. The van der Waals surface area contributed by atoms with Crippen LogP contribution in [0.1, 0.15) is 30.6 Å². The van der Waals surface area contributed by atoms with E-state index in [9.17, 15) is 5.11 Å². The Balaban J connectivity index is 0.00000312. The molecule has 0 spiro atoms. The molecule has 0 fully saturated rings. The summed E-state index contributed by atoms with van der Waals surface area (Å²) in [6.45, 7) is 4.09. The lowest BCUT2D eigenvalue weighted by atomic mass is 10.1. The molecule has 0 heterocycles. The molecule has 25 heavy (non-hydrogen) atoms. The molecule has 4 nitrogen and oxygen atoms in total. The Labute approximate surface area is 175 Å². The van der Waals surface area contributed by atoms with Crippen molar-refractivity contribution in [2.24, 2.45) is 4.99 Å². The van der Waals surface area contributed by atoms with Crippen LogP contribution in [0, 0.1) is 0 Å². The summed E-state index contributed by atoms with van der Waals surface area (Å²) >= 11 is 3.47. The molecule has 0 aliphatic carbocycles. The molecular weight excluding hydrogens is 493 g/mol. The van der Waals surface area contributed by atoms with Crippen molar-refractivity contribution < 1.29 is 5.11 Å². The highest BCUT2D eigenvalue weighted by Crippen LogP contribution is 2.15. The van der Waals surface area contributed by atoms with Crippen LogP contribution in [-0.4, -0.2) is 24.2 Å². The highest BCUT2D eigenvalue weighted by atomic mass is 127. The zero-order valence-corrected chi connectivity index (χ0v) is 18.2. The molecule has 0 aliphatic heterocycles. The fraction of sp³-hybridized carbons (Fsp3) is 0.316. The standard InChI is InChI=1S/C19H24BrN3O.HI/c1-2-21-19(23-14-15-7-6-10-17(20)13-15)22-12-11-18(24)16-8-4-3-5-9-16;/h3-10,13,18,24H,2,11-12,14H2,1H3,(H2,21,22,23);1H. The van der Waals surface area contributed by atoms with Crippen LogP contribution in [0.4, 0.5) is 0 Å². The second-order valence-electron chi connectivity index (χ2n) is 5.47. The first-order valence-electron chi connectivity index (χ1n) is 8.18. The van der Waals surface area contributed by atoms with Gasteiger partial charge < -0.3 is 15.7 Å². The molecule has 2 rings (SSSR count). The van der Waals surface area contributed by atoms with Crippen LogP contribution < -0.4 is 10.6 Å². The molecule has 0 radical (unpaired) electrons. The van der Waals surface area contributed by atoms with Crippen molar-refractivity contribution in [3.05, 3.63) is 70.2 Å². The summed E-state index contributed by atoms with van der Waals surface area (Å²) in [6.07, 6.45) is 0.164. The topological polar surface area (TPSA) is 56.7 Å². The zero-order chi connectivity index (χ0) is 17.2. The van der Waals surface area contributed by atoms with E-state index in [1.54, 1.807) is 0 Å². The molecule has 0 bridgehead atoms. The van der Waals surface area contributed by atoms with E-state index in [0.29, 0.717) is 19.5 Å². The molecule has 2 aromatic carbocycles. The minimum Gasteiger partial charge on any atom is -0.388 e. The number of guanidine groups is 1. The number of hydrogen-bond donors (Lipinski definition) is 3. The van der Waals surface area contributed by atoms with E-state index in [-0.39, 0.29) is 24.0 Å². The van der Waals surface area contributed by atoms with Crippen molar-refractivity contribution >= 4 is 45.9 Å². The molecule has 1 unspecified atom stereocenters. The summed E-state index contributed by atoms with van der Waals surface area (Å²) in [4.78, 5) is 4.59. The lowest BCUT2D eigenvalue weighted by Crippen LogP contribution is -2.38. The summed E-state index contributed by atoms with van der Waals surface area (Å²) in [7, 11) is 0. The first kappa shape index (κ1) is 21.9. The van der Waals surface area contributed by atoms with E-state index in [0.717, 1.165) is 28.1 Å². The van der Waals surface area contributed by atoms with Gasteiger partial charge in [0.05, 0.1) is 12.6 Å². The Morgan fingerprint density at radius 1 is 1.12 bits per heavy atom. The Bertz CT molecular complexity index is 652. The normalized spacial score (nSPS) is 12.2. The Hall–Kier alpha value is -1.12. The van der Waals surface area contributed by atoms with Crippen LogP contribution in [-0.2, 0) is 6.54 Å². The summed E-state index contributed by atoms with van der Waals surface area (Å²) in [6, 6.07) is 17.8. The molecule has 0 aromatic heterocycles. The van der Waals surface area contributed by atoms with Gasteiger partial charge in [-0.05, 0) is 36.6 Å². The molecule has 6 heteroatoms. The highest BCUT2D eigenvalue weighted by molar-refractivity contribution is 14.0. The molecule has 136 valence electrons. The van der Waals surface area contributed by atoms with E-state index in [4.69, 9.17) is 0 Å². The quantitative estimate of drug-likeness (QED) is 0.292. The highest BCUT2D eigenvalue weighted by Gasteiger charge is 2.07. The summed E-state index contributed by atoms with van der Waals surface area (Å²) < 4.78 is 1.05. The van der Waals surface area contributed by atoms with Crippen LogP contribution in [0.3, 0.4) is 0 Å². The van der Waals surface area contributed by atoms with Crippen molar-refractivity contribution in [3.8, 4) is 0 Å². The molecule has 0 saturated carbocycles. The zero-order valence-electron chi connectivity index (χ0n) is 14.3. The first-order chi connectivity index (χ1) is 11.7. The van der Waals surface area contributed by atoms with Gasteiger partial charge in [-0.25, -0.2) is 4.99 Å². The minimum atomic E-state index is -0.466. The van der Waals surface area contributed by atoms with E-state index < -0.39 is 6.10 Å². The average Bonchev–Trinajstić information content (AvgIpc) is 2.60. The van der Waals surface area contributed by atoms with Gasteiger partial charge in [0.15, 0.2) is 5.96 Å². The third-order valence-corrected chi connectivity index (χ3v) is 4.04. The SMILES string of the molecule is CCNC(=NCc1cccc(Br)c1)NCCC(O)c1ccccc1.I. The van der Waals surface area contributed by atoms with Gasteiger partial charge in [-0.15, -0.1) is 24.0 Å². The fourth-order valence-electron chi connectivity index (χ4n) is 2.32. The van der Waals surface area contributed by atoms with Crippen molar-refractivity contribution in [2.45, 2.75) is 26.0 Å². The van der Waals surface area contributed by atoms with Crippen molar-refractivity contribution in [1.82, 2.24) is 10.6 Å². The lowest BCUT2D eigenvalue weighted by Gasteiger charge is -2.14. The van der Waals surface area contributed by atoms with Crippen LogP contribution >= 0.6 is 39.9 Å². The van der Waals surface area contributed by atoms with Crippen LogP contribution in [0.25, 0.3) is 0 Å². The molecule has 0 aliphatic rings. The summed E-state index contributed by atoms with van der Waals surface area (Å²) in [5, 5.41) is 16.7. The largest absolute Gasteiger partial charge is 0.388 e. The Kier molecular flexibility index (Phi) is 10.8. The van der Waals surface area contributed by atoms with Crippen molar-refractivity contribution in [2.75, 3.05) is 13.1 Å². The van der Waals surface area contributed by atoms with Gasteiger partial charge in [-0.1, -0.05) is 58.4 Å². The number of halogens is 2. The number of aliphatic hydroxyl groups excluding tert-OH is 1. The van der Waals surface area contributed by atoms with Crippen LogP contribution in [0.2, 0.25) is 0 Å². The number of benzene rings is 2. The predicted molar refractivity (Wildman–Crippen MR) is 118 cm³/mol. The van der Waals surface area contributed by atoms with Gasteiger partial charge in [0.2, 0.25) is 0 Å². The maximum atomic E-state index is 10.2. The fourth-order valence-corrected chi connectivity index (χ4v) is 2.76. The van der Waals surface area contributed by atoms with Gasteiger partial charge in [0.25, 0.3) is 0 Å². The Morgan fingerprint density at radius 2 is 1.88 bits per heavy atom. The first-order valence-corrected chi connectivity index (χ1v) is 8.98. The van der Waals surface area contributed by atoms with Crippen molar-refractivity contribution in [3.63, 3.8) is 0 Å². The summed E-state index contributed by atoms with van der Waals surface area (Å²) in [5.41, 5.74) is 2.08. The minimum absolute atomic E-state index is 0. The Morgan fingerprint density at radius 3 is 2.56 bits per heavy atom. The van der Waals surface area contributed by atoms with Gasteiger partial charge in [-0.3, -0.25) is 0 Å². The molecule has 0 amide bonds. The monoisotopic (exact) mass is 517 g/mol. The predicted octanol–water partition coefficient (Wildman–Crippen LogP) is 4.25. The second-order valence-corrected chi connectivity index (χ2v) is 6.38. The van der Waals surface area contributed by atoms with Crippen LogP contribution in [0.15, 0.2) is 64.1 Å². The smallest absolute Gasteiger partial charge is 0.191 e. The molecular formula is C19H25BrIN3O. The lowest BCUT2D eigenvalue weighted by molar-refractivity contribution is 0.168. The van der Waals surface area contributed by atoms with E-state index in [2.05, 4.69) is 43.7 Å². The third-order valence-electron chi connectivity index (χ3n) is 3.55. The molecule has 2 aromatic rings. The van der Waals surface area contributed by atoms with Gasteiger partial charge in [-0.2, -0.15) is 0 Å². The van der Waals surface area contributed by atoms with E-state index >= 15 is 0 Å². The summed E-state index contributed by atoms with van der Waals surface area (Å²) in [5.74, 6) is 0.762. The molecule has 3 N–H and O–H groups in total. The number of nitrogens with one attached hydrogen (secondary N) is 2. The number of aliphatic imine (C=N–C) groups is 1. The van der Waals surface area contributed by atoms with Gasteiger partial charge in [0.1, 0.15) is 0 Å². The number of rotatable bonds is 7. The van der Waals surface area contributed by atoms with Crippen LogP contribution in [0.5, 0.6) is 0 Å². The number of aliphatic hydroxyl groups is 1. The van der Waals surface area contributed by atoms with Gasteiger partial charge >= 0.3 is 0 Å². The maximum Gasteiger partial charge on any atom is 0.191 e. The average molecular weight is 518 g/mol. The van der Waals surface area contributed by atoms with E-state index in [1.807, 2.05) is 49.4 Å². The van der Waals surface area contributed by atoms with Gasteiger partial charge in [0, 0.05) is 17.6 Å².